The lowest BCUT2D eigenvalue weighted by Crippen LogP contribution is -2.48. The second kappa shape index (κ2) is 9.34. The summed E-state index contributed by atoms with van der Waals surface area (Å²) in [5.74, 6) is -1.41. The van der Waals surface area contributed by atoms with Crippen LogP contribution in [0.5, 0.6) is 5.75 Å². The van der Waals surface area contributed by atoms with Gasteiger partial charge in [0.25, 0.3) is 5.69 Å². The lowest BCUT2D eigenvalue weighted by Gasteiger charge is -2.37. The van der Waals surface area contributed by atoms with Gasteiger partial charge in [-0.3, -0.25) is 24.5 Å². The van der Waals surface area contributed by atoms with Crippen LogP contribution in [0.1, 0.15) is 48.1 Å². The molecule has 4 aromatic carbocycles. The van der Waals surface area contributed by atoms with Crippen molar-refractivity contribution >= 4 is 34.8 Å². The predicted octanol–water partition coefficient (Wildman–Crippen LogP) is 5.92. The van der Waals surface area contributed by atoms with Crippen molar-refractivity contribution in [2.24, 2.45) is 5.41 Å². The number of nitro groups is 1. The van der Waals surface area contributed by atoms with E-state index in [1.807, 2.05) is 41.3 Å². The fourth-order valence-corrected chi connectivity index (χ4v) is 7.05. The molecule has 4 aromatic rings. The molecule has 0 saturated carbocycles. The zero-order valence-electron chi connectivity index (χ0n) is 22.5. The molecule has 0 aromatic heterocycles. The molecule has 8 nitrogen and oxygen atoms in total. The third kappa shape index (κ3) is 3.38. The SMILES string of the molecule is COc1ccc(C2C(C(=O)c3cccc([N+](=O)[O-])c3)N3c4ccccc4C=CC3C23C(=O)c2ccccc2C3=O)cc1. The number of Topliss-reactive ketones (excluding diaryl/α,β-unsaturated/α-hetero) is 3. The van der Waals surface area contributed by atoms with Crippen LogP contribution in [0.2, 0.25) is 0 Å². The fraction of sp³-hybridized carbons (Fsp3) is 0.147. The average Bonchev–Trinajstić information content (AvgIpc) is 3.47. The van der Waals surface area contributed by atoms with Crippen molar-refractivity contribution in [3.8, 4) is 5.75 Å². The van der Waals surface area contributed by atoms with E-state index in [-0.39, 0.29) is 22.8 Å². The summed E-state index contributed by atoms with van der Waals surface area (Å²) in [6, 6.07) is 25.2. The van der Waals surface area contributed by atoms with Gasteiger partial charge in [0.05, 0.1) is 18.1 Å². The van der Waals surface area contributed by atoms with Gasteiger partial charge in [-0.2, -0.15) is 0 Å². The molecule has 42 heavy (non-hydrogen) atoms. The number of carbonyl (C=O) groups is 3. The predicted molar refractivity (Wildman–Crippen MR) is 156 cm³/mol. The highest BCUT2D eigenvalue weighted by Crippen LogP contribution is 2.61. The fourth-order valence-electron chi connectivity index (χ4n) is 7.05. The van der Waals surface area contributed by atoms with E-state index in [2.05, 4.69) is 0 Å². The highest BCUT2D eigenvalue weighted by atomic mass is 16.6. The minimum absolute atomic E-state index is 0.131. The van der Waals surface area contributed by atoms with Gasteiger partial charge < -0.3 is 9.64 Å². The molecule has 1 aliphatic carbocycles. The Bertz CT molecular complexity index is 1810. The first kappa shape index (κ1) is 25.6. The van der Waals surface area contributed by atoms with E-state index in [9.17, 15) is 24.5 Å². The number of nitrogens with zero attached hydrogens (tertiary/aromatic N) is 2. The topological polar surface area (TPSA) is 107 Å². The van der Waals surface area contributed by atoms with Crippen molar-refractivity contribution in [1.29, 1.82) is 0 Å². The number of nitro benzene ring substituents is 1. The first-order valence-corrected chi connectivity index (χ1v) is 13.5. The van der Waals surface area contributed by atoms with E-state index < -0.39 is 34.1 Å². The molecule has 206 valence electrons. The number of anilines is 1. The molecule has 0 radical (unpaired) electrons. The molecule has 1 fully saturated rings. The summed E-state index contributed by atoms with van der Waals surface area (Å²) in [6.07, 6.45) is 3.74. The monoisotopic (exact) mass is 556 g/mol. The van der Waals surface area contributed by atoms with Gasteiger partial charge in [-0.1, -0.05) is 78.9 Å². The quantitative estimate of drug-likeness (QED) is 0.130. The van der Waals surface area contributed by atoms with Crippen LogP contribution in [0.25, 0.3) is 6.08 Å². The van der Waals surface area contributed by atoms with Crippen molar-refractivity contribution in [3.63, 3.8) is 0 Å². The number of ketones is 3. The second-order valence-electron chi connectivity index (χ2n) is 10.7. The maximum absolute atomic E-state index is 14.7. The van der Waals surface area contributed by atoms with Gasteiger partial charge in [-0.05, 0) is 29.3 Å². The van der Waals surface area contributed by atoms with Crippen molar-refractivity contribution in [2.45, 2.75) is 18.0 Å². The third-order valence-corrected chi connectivity index (χ3v) is 8.80. The van der Waals surface area contributed by atoms with E-state index in [1.54, 1.807) is 61.7 Å². The zero-order valence-corrected chi connectivity index (χ0v) is 22.5. The first-order valence-electron chi connectivity index (χ1n) is 13.5. The summed E-state index contributed by atoms with van der Waals surface area (Å²) in [5.41, 5.74) is 1.09. The molecule has 7 rings (SSSR count). The molecule has 0 amide bonds. The van der Waals surface area contributed by atoms with Crippen LogP contribution in [0.4, 0.5) is 11.4 Å². The number of para-hydroxylation sites is 1. The maximum atomic E-state index is 14.7. The van der Waals surface area contributed by atoms with E-state index in [0.29, 0.717) is 28.1 Å². The molecule has 2 aliphatic heterocycles. The molecular formula is C34H24N2O6. The summed E-state index contributed by atoms with van der Waals surface area (Å²) in [7, 11) is 1.54. The largest absolute Gasteiger partial charge is 0.497 e. The lowest BCUT2D eigenvalue weighted by molar-refractivity contribution is -0.384. The van der Waals surface area contributed by atoms with Crippen molar-refractivity contribution < 1.29 is 24.0 Å². The van der Waals surface area contributed by atoms with E-state index in [0.717, 1.165) is 5.56 Å². The third-order valence-electron chi connectivity index (χ3n) is 8.80. The number of methoxy groups -OCH3 is 1. The minimum atomic E-state index is -1.65. The van der Waals surface area contributed by atoms with Gasteiger partial charge in [0.1, 0.15) is 17.2 Å². The first-order chi connectivity index (χ1) is 20.4. The highest BCUT2D eigenvalue weighted by molar-refractivity contribution is 6.32. The van der Waals surface area contributed by atoms with Gasteiger partial charge >= 0.3 is 0 Å². The molecule has 1 spiro atoms. The maximum Gasteiger partial charge on any atom is 0.270 e. The Morgan fingerprint density at radius 3 is 2.21 bits per heavy atom. The lowest BCUT2D eigenvalue weighted by atomic mass is 9.64. The Balaban J connectivity index is 1.53. The Hall–Kier alpha value is -5.37. The number of benzene rings is 4. The van der Waals surface area contributed by atoms with Crippen LogP contribution in [-0.2, 0) is 0 Å². The normalized spacial score (nSPS) is 21.2. The number of ether oxygens (including phenoxy) is 1. The molecule has 0 N–H and O–H groups in total. The van der Waals surface area contributed by atoms with Gasteiger partial charge in [-0.25, -0.2) is 0 Å². The molecule has 0 bridgehead atoms. The Labute approximate surface area is 241 Å². The standard InChI is InChI=1S/C34H24N2O6/c1-42-24-16-13-21(14-17-24)29-30(31(37)22-8-6-9-23(19-22)36(40)41)35-27-12-5-2-7-20(27)15-18-28(35)34(29)32(38)25-10-3-4-11-26(25)33(34)39/h2-19,28-30H,1H3. The molecule has 2 heterocycles. The molecule has 3 unspecified atom stereocenters. The van der Waals surface area contributed by atoms with E-state index in [4.69, 9.17) is 4.74 Å². The summed E-state index contributed by atoms with van der Waals surface area (Å²) >= 11 is 0. The van der Waals surface area contributed by atoms with Crippen LogP contribution in [0.3, 0.4) is 0 Å². The smallest absolute Gasteiger partial charge is 0.270 e. The summed E-state index contributed by atoms with van der Waals surface area (Å²) in [6.45, 7) is 0. The second-order valence-corrected chi connectivity index (χ2v) is 10.7. The van der Waals surface area contributed by atoms with Crippen LogP contribution in [0.15, 0.2) is 103 Å². The van der Waals surface area contributed by atoms with Crippen LogP contribution >= 0.6 is 0 Å². The summed E-state index contributed by atoms with van der Waals surface area (Å²) in [4.78, 5) is 56.9. The number of hydrogen-bond donors (Lipinski definition) is 0. The summed E-state index contributed by atoms with van der Waals surface area (Å²) in [5, 5.41) is 11.6. The number of carbonyl (C=O) groups excluding carboxylic acids is 3. The molecule has 3 aliphatic rings. The zero-order chi connectivity index (χ0) is 29.2. The molecule has 3 atom stereocenters. The molecular weight excluding hydrogens is 532 g/mol. The number of rotatable bonds is 5. The molecule has 1 saturated heterocycles. The Morgan fingerprint density at radius 2 is 1.55 bits per heavy atom. The highest BCUT2D eigenvalue weighted by Gasteiger charge is 2.71. The van der Waals surface area contributed by atoms with E-state index in [1.165, 1.54) is 18.2 Å². The Morgan fingerprint density at radius 1 is 0.881 bits per heavy atom. The van der Waals surface area contributed by atoms with Crippen molar-refractivity contribution in [2.75, 3.05) is 12.0 Å². The van der Waals surface area contributed by atoms with Crippen LogP contribution in [-0.4, -0.2) is 41.5 Å². The number of hydrogen-bond acceptors (Lipinski definition) is 7. The van der Waals surface area contributed by atoms with Crippen LogP contribution < -0.4 is 9.64 Å². The minimum Gasteiger partial charge on any atom is -0.497 e. The molecule has 8 heteroatoms. The van der Waals surface area contributed by atoms with Gasteiger partial charge in [0, 0.05) is 40.4 Å². The number of fused-ring (bicyclic) bond motifs is 5. The van der Waals surface area contributed by atoms with Gasteiger partial charge in [-0.15, -0.1) is 0 Å². The Kier molecular flexibility index (Phi) is 5.69. The van der Waals surface area contributed by atoms with Gasteiger partial charge in [0.15, 0.2) is 17.3 Å². The van der Waals surface area contributed by atoms with E-state index >= 15 is 0 Å². The average molecular weight is 557 g/mol. The van der Waals surface area contributed by atoms with Crippen LogP contribution in [0, 0.1) is 15.5 Å². The van der Waals surface area contributed by atoms with Crippen molar-refractivity contribution in [1.82, 2.24) is 0 Å². The van der Waals surface area contributed by atoms with Crippen molar-refractivity contribution in [3.05, 3.63) is 141 Å². The summed E-state index contributed by atoms with van der Waals surface area (Å²) < 4.78 is 5.38. The van der Waals surface area contributed by atoms with Gasteiger partial charge in [0.2, 0.25) is 0 Å². The number of non-ortho nitro benzene ring substituents is 1.